The average molecular weight is 381 g/mol. The van der Waals surface area contributed by atoms with Gasteiger partial charge >= 0.3 is 0 Å². The van der Waals surface area contributed by atoms with Crippen LogP contribution in [0.25, 0.3) is 0 Å². The highest BCUT2D eigenvalue weighted by Crippen LogP contribution is 2.10. The van der Waals surface area contributed by atoms with Crippen molar-refractivity contribution in [2.45, 2.75) is 12.8 Å². The molecule has 0 heterocycles. The number of carbonyl (C=O) groups excluding carboxylic acids is 2. The number of hydrogen-bond donors (Lipinski definition) is 3. The van der Waals surface area contributed by atoms with Gasteiger partial charge in [-0.25, -0.2) is 13.2 Å². The number of carbonyl (C=O) groups is 2. The highest BCUT2D eigenvalue weighted by Gasteiger charge is 2.11. The third-order valence-electron chi connectivity index (χ3n) is 3.21. The molecule has 0 unspecified atom stereocenters. The third-order valence-corrected chi connectivity index (χ3v) is 3.42. The van der Waals surface area contributed by atoms with Gasteiger partial charge in [0.2, 0.25) is 11.8 Å². The summed E-state index contributed by atoms with van der Waals surface area (Å²) in [5.41, 5.74) is 5.19. The van der Waals surface area contributed by atoms with Crippen LogP contribution in [0.15, 0.2) is 42.5 Å². The Morgan fingerprint density at radius 1 is 0.846 bits per heavy atom. The van der Waals surface area contributed by atoms with Gasteiger partial charge in [-0.15, -0.1) is 0 Å². The van der Waals surface area contributed by atoms with E-state index in [-0.39, 0.29) is 23.5 Å². The van der Waals surface area contributed by atoms with Gasteiger partial charge in [0.15, 0.2) is 5.11 Å². The number of hydrogen-bond acceptors (Lipinski definition) is 3. The molecule has 9 heteroatoms. The summed E-state index contributed by atoms with van der Waals surface area (Å²) < 4.78 is 39.1. The van der Waals surface area contributed by atoms with Crippen LogP contribution in [0.4, 0.5) is 13.2 Å². The molecule has 0 bridgehead atoms. The minimum absolute atomic E-state index is 0.00652. The summed E-state index contributed by atoms with van der Waals surface area (Å²) >= 11 is 4.84. The van der Waals surface area contributed by atoms with Crippen LogP contribution in [-0.2, 0) is 22.4 Å². The van der Waals surface area contributed by atoms with Crippen LogP contribution in [0, 0.1) is 17.5 Å². The van der Waals surface area contributed by atoms with Crippen LogP contribution in [0.1, 0.15) is 11.1 Å². The van der Waals surface area contributed by atoms with Crippen LogP contribution < -0.4 is 16.2 Å². The van der Waals surface area contributed by atoms with E-state index >= 15 is 0 Å². The van der Waals surface area contributed by atoms with E-state index in [0.29, 0.717) is 11.6 Å². The molecule has 3 N–H and O–H groups in total. The first-order valence-corrected chi connectivity index (χ1v) is 7.81. The van der Waals surface area contributed by atoms with Gasteiger partial charge in [-0.3, -0.25) is 20.4 Å². The molecule has 2 rings (SSSR count). The molecule has 0 atom stereocenters. The number of halogens is 3. The highest BCUT2D eigenvalue weighted by molar-refractivity contribution is 7.80. The SMILES string of the molecule is O=C(Cc1ccc(F)cc1)NNC(=S)NC(=O)Cc1ccc(F)cc1F. The van der Waals surface area contributed by atoms with E-state index in [1.54, 1.807) is 0 Å². The topological polar surface area (TPSA) is 70.2 Å². The highest BCUT2D eigenvalue weighted by atomic mass is 32.1. The summed E-state index contributed by atoms with van der Waals surface area (Å²) in [7, 11) is 0. The molecule has 0 aromatic heterocycles. The van der Waals surface area contributed by atoms with Crippen molar-refractivity contribution in [2.24, 2.45) is 0 Å². The van der Waals surface area contributed by atoms with E-state index in [9.17, 15) is 22.8 Å². The van der Waals surface area contributed by atoms with Crippen LogP contribution in [0.5, 0.6) is 0 Å². The number of thiocarbonyl (C=S) groups is 1. The number of benzene rings is 2. The molecule has 26 heavy (non-hydrogen) atoms. The molecular weight excluding hydrogens is 367 g/mol. The minimum Gasteiger partial charge on any atom is -0.302 e. The van der Waals surface area contributed by atoms with Crippen molar-refractivity contribution in [3.05, 3.63) is 71.0 Å². The fourth-order valence-corrected chi connectivity index (χ4v) is 2.16. The zero-order chi connectivity index (χ0) is 19.1. The zero-order valence-electron chi connectivity index (χ0n) is 13.3. The van der Waals surface area contributed by atoms with Crippen molar-refractivity contribution < 1.29 is 22.8 Å². The second-order valence-corrected chi connectivity index (χ2v) is 5.67. The molecule has 0 aliphatic heterocycles. The van der Waals surface area contributed by atoms with Crippen molar-refractivity contribution in [3.8, 4) is 0 Å². The van der Waals surface area contributed by atoms with Crippen molar-refractivity contribution in [3.63, 3.8) is 0 Å². The summed E-state index contributed by atoms with van der Waals surface area (Å²) in [6.07, 6.45) is -0.373. The Balaban J connectivity index is 1.76. The van der Waals surface area contributed by atoms with E-state index < -0.39 is 29.3 Å². The first-order valence-electron chi connectivity index (χ1n) is 7.40. The van der Waals surface area contributed by atoms with Crippen LogP contribution in [0.2, 0.25) is 0 Å². The Labute approximate surface area is 152 Å². The number of amides is 2. The Morgan fingerprint density at radius 3 is 2.15 bits per heavy atom. The molecule has 0 saturated heterocycles. The van der Waals surface area contributed by atoms with E-state index in [2.05, 4.69) is 16.2 Å². The molecule has 0 aliphatic carbocycles. The van der Waals surface area contributed by atoms with Crippen LogP contribution >= 0.6 is 12.2 Å². The molecule has 136 valence electrons. The van der Waals surface area contributed by atoms with Gasteiger partial charge in [-0.1, -0.05) is 18.2 Å². The lowest BCUT2D eigenvalue weighted by Crippen LogP contribution is -2.49. The van der Waals surface area contributed by atoms with E-state index in [4.69, 9.17) is 12.2 Å². The van der Waals surface area contributed by atoms with E-state index in [0.717, 1.165) is 12.1 Å². The number of hydrazine groups is 1. The summed E-state index contributed by atoms with van der Waals surface area (Å²) in [4.78, 5) is 23.5. The summed E-state index contributed by atoms with van der Waals surface area (Å²) in [6, 6.07) is 8.27. The molecule has 2 aromatic rings. The predicted octanol–water partition coefficient (Wildman–Crippen LogP) is 1.91. The zero-order valence-corrected chi connectivity index (χ0v) is 14.1. The summed E-state index contributed by atoms with van der Waals surface area (Å²) in [5, 5.41) is 2.06. The fourth-order valence-electron chi connectivity index (χ4n) is 2.00. The van der Waals surface area contributed by atoms with Crippen molar-refractivity contribution >= 4 is 29.1 Å². The smallest absolute Gasteiger partial charge is 0.242 e. The van der Waals surface area contributed by atoms with E-state index in [1.165, 1.54) is 24.3 Å². The predicted molar refractivity (Wildman–Crippen MR) is 92.2 cm³/mol. The largest absolute Gasteiger partial charge is 0.302 e. The van der Waals surface area contributed by atoms with E-state index in [1.807, 2.05) is 0 Å². The third kappa shape index (κ3) is 6.17. The second kappa shape index (κ2) is 8.95. The Morgan fingerprint density at radius 2 is 1.50 bits per heavy atom. The standard InChI is InChI=1S/C17H14F3N3O2S/c18-12-4-1-10(2-5-12)7-16(25)22-23-17(26)21-15(24)8-11-3-6-13(19)9-14(11)20/h1-6,9H,7-8H2,(H,22,25)(H2,21,23,24,26). The lowest BCUT2D eigenvalue weighted by atomic mass is 10.1. The lowest BCUT2D eigenvalue weighted by Gasteiger charge is -2.11. The molecule has 0 fully saturated rings. The molecular formula is C17H14F3N3O2S. The van der Waals surface area contributed by atoms with Gasteiger partial charge in [0.25, 0.3) is 0 Å². The monoisotopic (exact) mass is 381 g/mol. The van der Waals surface area contributed by atoms with Gasteiger partial charge in [0, 0.05) is 6.07 Å². The lowest BCUT2D eigenvalue weighted by molar-refractivity contribution is -0.121. The molecule has 5 nitrogen and oxygen atoms in total. The Bertz CT molecular complexity index is 829. The maximum Gasteiger partial charge on any atom is 0.242 e. The maximum atomic E-state index is 13.5. The minimum atomic E-state index is -0.841. The Kier molecular flexibility index (Phi) is 6.67. The van der Waals surface area contributed by atoms with Gasteiger partial charge < -0.3 is 5.32 Å². The van der Waals surface area contributed by atoms with Crippen molar-refractivity contribution in [1.29, 1.82) is 0 Å². The van der Waals surface area contributed by atoms with Gasteiger partial charge in [-0.2, -0.15) is 0 Å². The van der Waals surface area contributed by atoms with Crippen molar-refractivity contribution in [2.75, 3.05) is 0 Å². The molecule has 2 aromatic carbocycles. The first-order chi connectivity index (χ1) is 12.3. The molecule has 0 spiro atoms. The molecule has 0 saturated carbocycles. The summed E-state index contributed by atoms with van der Waals surface area (Å²) in [5.74, 6) is -3.09. The Hall–Kier alpha value is -2.94. The van der Waals surface area contributed by atoms with Crippen molar-refractivity contribution in [1.82, 2.24) is 16.2 Å². The van der Waals surface area contributed by atoms with Gasteiger partial charge in [-0.05, 0) is 41.5 Å². The maximum absolute atomic E-state index is 13.5. The first kappa shape index (κ1) is 19.4. The van der Waals surface area contributed by atoms with Crippen LogP contribution in [-0.4, -0.2) is 16.9 Å². The second-order valence-electron chi connectivity index (χ2n) is 5.27. The fraction of sp³-hybridized carbons (Fsp3) is 0.118. The molecule has 0 radical (unpaired) electrons. The average Bonchev–Trinajstić information content (AvgIpc) is 2.58. The molecule has 0 aliphatic rings. The van der Waals surface area contributed by atoms with Gasteiger partial charge in [0.05, 0.1) is 12.8 Å². The van der Waals surface area contributed by atoms with Gasteiger partial charge in [0.1, 0.15) is 17.5 Å². The summed E-state index contributed by atoms with van der Waals surface area (Å²) in [6.45, 7) is 0. The number of nitrogens with one attached hydrogen (secondary N) is 3. The quantitative estimate of drug-likeness (QED) is 0.559. The number of rotatable bonds is 4. The molecule has 2 amide bonds. The normalized spacial score (nSPS) is 10.1. The van der Waals surface area contributed by atoms with Crippen LogP contribution in [0.3, 0.4) is 0 Å².